The van der Waals surface area contributed by atoms with Crippen molar-refractivity contribution in [3.05, 3.63) is 27.2 Å². The minimum absolute atomic E-state index is 0. The molecule has 2 rings (SSSR count). The van der Waals surface area contributed by atoms with Gasteiger partial charge in [0.05, 0.1) is 18.8 Å². The zero-order valence-electron chi connectivity index (χ0n) is 10.2. The fourth-order valence-corrected chi connectivity index (χ4v) is 1.66. The number of hydrogen-bond donors (Lipinski definition) is 0. The van der Waals surface area contributed by atoms with E-state index in [1.54, 1.807) is 0 Å². The van der Waals surface area contributed by atoms with E-state index in [1.165, 1.54) is 25.0 Å². The molecule has 2 heterocycles. The first-order valence-electron chi connectivity index (χ1n) is 4.74. The summed E-state index contributed by atoms with van der Waals surface area (Å²) >= 11 is 0. The molecule has 0 fully saturated rings. The summed E-state index contributed by atoms with van der Waals surface area (Å²) in [5, 5.41) is 10.5. The Morgan fingerprint density at radius 3 is 2.50 bits per heavy atom. The van der Waals surface area contributed by atoms with Crippen molar-refractivity contribution in [3.8, 4) is 0 Å². The quantitative estimate of drug-likeness (QED) is 0.500. The summed E-state index contributed by atoms with van der Waals surface area (Å²) in [6, 6.07) is 0. The molecular formula is C9H9N4NaO4. The first-order chi connectivity index (χ1) is 7.93. The summed E-state index contributed by atoms with van der Waals surface area (Å²) in [6.07, 6.45) is 1.20. The largest absolute Gasteiger partial charge is 1.00 e. The molecular weight excluding hydrogens is 251 g/mol. The van der Waals surface area contributed by atoms with Crippen molar-refractivity contribution in [1.82, 2.24) is 18.7 Å². The number of carboxylic acids is 1. The Bertz CT molecular complexity index is 726. The number of imidazole rings is 1. The minimum Gasteiger partial charge on any atom is -0.548 e. The molecule has 0 saturated heterocycles. The molecule has 0 aliphatic carbocycles. The van der Waals surface area contributed by atoms with Crippen molar-refractivity contribution in [1.29, 1.82) is 0 Å². The van der Waals surface area contributed by atoms with Crippen LogP contribution in [0.5, 0.6) is 0 Å². The van der Waals surface area contributed by atoms with Gasteiger partial charge in [-0.2, -0.15) is 0 Å². The third-order valence-electron chi connectivity index (χ3n) is 2.52. The van der Waals surface area contributed by atoms with Gasteiger partial charge in [-0.25, -0.2) is 9.78 Å². The molecule has 0 saturated carbocycles. The average Bonchev–Trinajstić information content (AvgIpc) is 2.66. The number of nitrogens with zero attached hydrogens (tertiary/aromatic N) is 4. The second-order valence-corrected chi connectivity index (χ2v) is 3.62. The van der Waals surface area contributed by atoms with E-state index in [9.17, 15) is 19.5 Å². The van der Waals surface area contributed by atoms with Crippen LogP contribution in [-0.4, -0.2) is 24.7 Å². The molecule has 18 heavy (non-hydrogen) atoms. The van der Waals surface area contributed by atoms with Gasteiger partial charge in [0.25, 0.3) is 5.56 Å². The van der Waals surface area contributed by atoms with Crippen molar-refractivity contribution >= 4 is 17.1 Å². The Morgan fingerprint density at radius 2 is 1.94 bits per heavy atom. The Morgan fingerprint density at radius 1 is 1.33 bits per heavy atom. The van der Waals surface area contributed by atoms with Crippen molar-refractivity contribution in [2.45, 2.75) is 6.54 Å². The zero-order valence-corrected chi connectivity index (χ0v) is 12.2. The summed E-state index contributed by atoms with van der Waals surface area (Å²) in [5.41, 5.74) is -0.874. The summed E-state index contributed by atoms with van der Waals surface area (Å²) in [7, 11) is 2.78. The summed E-state index contributed by atoms with van der Waals surface area (Å²) in [6.45, 7) is -0.482. The predicted octanol–water partition coefficient (Wildman–Crippen LogP) is -5.81. The topological polar surface area (TPSA) is 102 Å². The molecule has 2 aromatic rings. The Kier molecular flexibility index (Phi) is 4.15. The summed E-state index contributed by atoms with van der Waals surface area (Å²) < 4.78 is 3.23. The van der Waals surface area contributed by atoms with Gasteiger partial charge in [0, 0.05) is 14.1 Å². The van der Waals surface area contributed by atoms with Gasteiger partial charge < -0.3 is 14.5 Å². The van der Waals surface area contributed by atoms with Gasteiger partial charge in [-0.15, -0.1) is 0 Å². The van der Waals surface area contributed by atoms with E-state index in [2.05, 4.69) is 4.98 Å². The van der Waals surface area contributed by atoms with Crippen LogP contribution in [0.3, 0.4) is 0 Å². The van der Waals surface area contributed by atoms with Gasteiger partial charge in [0.1, 0.15) is 0 Å². The van der Waals surface area contributed by atoms with Gasteiger partial charge in [0.15, 0.2) is 11.2 Å². The number of carboxylic acid groups (broad SMARTS) is 1. The monoisotopic (exact) mass is 260 g/mol. The Balaban J connectivity index is 0.00000162. The van der Waals surface area contributed by atoms with Gasteiger partial charge in [0.2, 0.25) is 0 Å². The maximum Gasteiger partial charge on any atom is 1.00 e. The van der Waals surface area contributed by atoms with Crippen LogP contribution in [0.15, 0.2) is 15.9 Å². The summed E-state index contributed by atoms with van der Waals surface area (Å²) in [5.74, 6) is -1.33. The molecule has 0 aromatic carbocycles. The van der Waals surface area contributed by atoms with Gasteiger partial charge in [-0.3, -0.25) is 13.9 Å². The van der Waals surface area contributed by atoms with Crippen LogP contribution in [0.2, 0.25) is 0 Å². The number of aliphatic carboxylic acids is 1. The molecule has 0 bridgehead atoms. The molecule has 0 aliphatic heterocycles. The number of hydrogen-bond acceptors (Lipinski definition) is 5. The first-order valence-corrected chi connectivity index (χ1v) is 4.74. The number of fused-ring (bicyclic) bond motifs is 1. The number of carbonyl (C=O) groups is 1. The van der Waals surface area contributed by atoms with Crippen molar-refractivity contribution < 1.29 is 39.5 Å². The second-order valence-electron chi connectivity index (χ2n) is 3.62. The Labute approximate surface area is 123 Å². The van der Waals surface area contributed by atoms with E-state index in [1.807, 2.05) is 0 Å². The van der Waals surface area contributed by atoms with Crippen molar-refractivity contribution in [2.75, 3.05) is 0 Å². The van der Waals surface area contributed by atoms with Crippen LogP contribution in [-0.2, 0) is 25.4 Å². The van der Waals surface area contributed by atoms with E-state index in [0.29, 0.717) is 0 Å². The predicted molar refractivity (Wildman–Crippen MR) is 55.2 cm³/mol. The molecule has 2 aromatic heterocycles. The molecule has 90 valence electrons. The fraction of sp³-hybridized carbons (Fsp3) is 0.333. The van der Waals surface area contributed by atoms with Crippen molar-refractivity contribution in [3.63, 3.8) is 0 Å². The van der Waals surface area contributed by atoms with Gasteiger partial charge in [-0.05, 0) is 0 Å². The standard InChI is InChI=1S/C9H10N4O4.Na/c1-11-7-6(8(16)12(2)9(11)17)13(4-10-7)3-5(14)15;/h4H,3H2,1-2H3,(H,14,15);/q;+1/p-1. The van der Waals surface area contributed by atoms with E-state index in [4.69, 9.17) is 0 Å². The van der Waals surface area contributed by atoms with Gasteiger partial charge >= 0.3 is 35.2 Å². The fourth-order valence-electron chi connectivity index (χ4n) is 1.66. The van der Waals surface area contributed by atoms with E-state index in [0.717, 1.165) is 9.13 Å². The maximum atomic E-state index is 11.8. The van der Waals surface area contributed by atoms with Crippen LogP contribution >= 0.6 is 0 Å². The second kappa shape index (κ2) is 5.09. The first kappa shape index (κ1) is 14.7. The van der Waals surface area contributed by atoms with E-state index < -0.39 is 23.8 Å². The number of rotatable bonds is 2. The average molecular weight is 260 g/mol. The molecule has 9 heteroatoms. The van der Waals surface area contributed by atoms with Crippen LogP contribution in [0, 0.1) is 0 Å². The number of aromatic nitrogens is 4. The molecule has 0 N–H and O–H groups in total. The molecule has 0 radical (unpaired) electrons. The Hall–Kier alpha value is -1.38. The van der Waals surface area contributed by atoms with Gasteiger partial charge in [-0.1, -0.05) is 0 Å². The number of aryl methyl sites for hydroxylation is 1. The van der Waals surface area contributed by atoms with Crippen molar-refractivity contribution in [2.24, 2.45) is 14.1 Å². The zero-order chi connectivity index (χ0) is 12.7. The maximum absolute atomic E-state index is 11.8. The molecule has 8 nitrogen and oxygen atoms in total. The third-order valence-corrected chi connectivity index (χ3v) is 2.52. The molecule has 0 aliphatic rings. The van der Waals surface area contributed by atoms with Crippen LogP contribution in [0.25, 0.3) is 11.2 Å². The normalized spacial score (nSPS) is 10.3. The SMILES string of the molecule is Cn1c(=O)c2c(ncn2CC(=O)[O-])n(C)c1=O.[Na+]. The van der Waals surface area contributed by atoms with Crippen LogP contribution in [0.4, 0.5) is 0 Å². The summed E-state index contributed by atoms with van der Waals surface area (Å²) in [4.78, 5) is 37.8. The number of carbonyl (C=O) groups excluding carboxylic acids is 1. The molecule has 0 atom stereocenters. The van der Waals surface area contributed by atoms with Crippen LogP contribution in [0.1, 0.15) is 0 Å². The van der Waals surface area contributed by atoms with E-state index >= 15 is 0 Å². The molecule has 0 amide bonds. The molecule has 0 spiro atoms. The van der Waals surface area contributed by atoms with Crippen LogP contribution < -0.4 is 45.9 Å². The smallest absolute Gasteiger partial charge is 0.548 e. The molecule has 0 unspecified atom stereocenters. The van der Waals surface area contributed by atoms with E-state index in [-0.39, 0.29) is 40.7 Å². The minimum atomic E-state index is -1.33. The third kappa shape index (κ3) is 2.14.